The molecule has 1 heterocycles. The summed E-state index contributed by atoms with van der Waals surface area (Å²) in [5.74, 6) is -1.03. The zero-order valence-electron chi connectivity index (χ0n) is 10.7. The summed E-state index contributed by atoms with van der Waals surface area (Å²) in [6, 6.07) is 5.01. The predicted molar refractivity (Wildman–Crippen MR) is 64.6 cm³/mol. The van der Waals surface area contributed by atoms with Gasteiger partial charge in [-0.1, -0.05) is 0 Å². The van der Waals surface area contributed by atoms with Gasteiger partial charge >= 0.3 is 12.1 Å². The number of aromatic nitrogens is 2. The van der Waals surface area contributed by atoms with Crippen LogP contribution in [0, 0.1) is 6.92 Å². The average Bonchev–Trinajstić information content (AvgIpc) is 2.83. The number of benzene rings is 1. The standard InChI is InChI=1S/C13H11F3N2O2/c1-8-5-6-18(17-8)9-3-4-10(12(19)20-2)11(7-9)13(14,15)16/h3-7H,1-2H3. The molecule has 0 saturated carbocycles. The quantitative estimate of drug-likeness (QED) is 0.796. The molecule has 2 aromatic rings. The van der Waals surface area contributed by atoms with Crippen molar-refractivity contribution in [1.29, 1.82) is 0 Å². The fourth-order valence-electron chi connectivity index (χ4n) is 1.76. The van der Waals surface area contributed by atoms with Gasteiger partial charge in [-0.05, 0) is 31.2 Å². The van der Waals surface area contributed by atoms with E-state index in [0.717, 1.165) is 19.2 Å². The van der Waals surface area contributed by atoms with Crippen LogP contribution >= 0.6 is 0 Å². The van der Waals surface area contributed by atoms with Crippen molar-refractivity contribution >= 4 is 5.97 Å². The summed E-state index contributed by atoms with van der Waals surface area (Å²) in [7, 11) is 1.03. The molecule has 0 amide bonds. The van der Waals surface area contributed by atoms with Crippen LogP contribution in [0.5, 0.6) is 0 Å². The van der Waals surface area contributed by atoms with Crippen LogP contribution in [0.4, 0.5) is 13.2 Å². The molecule has 7 heteroatoms. The molecule has 0 saturated heterocycles. The lowest BCUT2D eigenvalue weighted by Gasteiger charge is -2.13. The Labute approximate surface area is 112 Å². The molecule has 1 aromatic carbocycles. The lowest BCUT2D eigenvalue weighted by atomic mass is 10.1. The van der Waals surface area contributed by atoms with Crippen molar-refractivity contribution in [2.24, 2.45) is 0 Å². The lowest BCUT2D eigenvalue weighted by molar-refractivity contribution is -0.138. The molecule has 0 aliphatic rings. The predicted octanol–water partition coefficient (Wildman–Crippen LogP) is 2.99. The highest BCUT2D eigenvalue weighted by atomic mass is 19.4. The molecule has 1 aromatic heterocycles. The first-order valence-corrected chi connectivity index (χ1v) is 5.65. The molecule has 20 heavy (non-hydrogen) atoms. The van der Waals surface area contributed by atoms with Gasteiger partial charge in [0.1, 0.15) is 0 Å². The molecule has 0 bridgehead atoms. The van der Waals surface area contributed by atoms with Crippen LogP contribution in [0.15, 0.2) is 30.5 Å². The second-order valence-electron chi connectivity index (χ2n) is 4.12. The molecule has 0 atom stereocenters. The Kier molecular flexibility index (Phi) is 3.52. The minimum atomic E-state index is -4.65. The number of aryl methyl sites for hydroxylation is 1. The molecular weight excluding hydrogens is 273 g/mol. The van der Waals surface area contributed by atoms with Crippen LogP contribution in [0.1, 0.15) is 21.6 Å². The second kappa shape index (κ2) is 4.99. The van der Waals surface area contributed by atoms with Crippen LogP contribution in [-0.4, -0.2) is 22.9 Å². The Hall–Kier alpha value is -2.31. The molecule has 0 unspecified atom stereocenters. The summed E-state index contributed by atoms with van der Waals surface area (Å²) in [6.45, 7) is 1.73. The Bertz CT molecular complexity index is 647. The summed E-state index contributed by atoms with van der Waals surface area (Å²) in [4.78, 5) is 11.4. The molecule has 0 aliphatic heterocycles. The first-order chi connectivity index (χ1) is 9.32. The molecule has 0 aliphatic carbocycles. The first-order valence-electron chi connectivity index (χ1n) is 5.65. The maximum absolute atomic E-state index is 13.0. The van der Waals surface area contributed by atoms with Crippen LogP contribution < -0.4 is 0 Å². The van der Waals surface area contributed by atoms with Gasteiger partial charge in [0.2, 0.25) is 0 Å². The number of rotatable bonds is 2. The molecule has 2 rings (SSSR count). The lowest BCUT2D eigenvalue weighted by Crippen LogP contribution is -2.15. The van der Waals surface area contributed by atoms with Crippen LogP contribution in [0.25, 0.3) is 5.69 Å². The monoisotopic (exact) mass is 284 g/mol. The second-order valence-corrected chi connectivity index (χ2v) is 4.12. The van der Waals surface area contributed by atoms with Gasteiger partial charge in [0, 0.05) is 6.20 Å². The Morgan fingerprint density at radius 3 is 2.50 bits per heavy atom. The fraction of sp³-hybridized carbons (Fsp3) is 0.231. The van der Waals surface area contributed by atoms with E-state index in [1.165, 1.54) is 10.7 Å². The molecule has 0 fully saturated rings. The van der Waals surface area contributed by atoms with Crippen molar-refractivity contribution in [2.75, 3.05) is 7.11 Å². The van der Waals surface area contributed by atoms with Crippen LogP contribution in [0.2, 0.25) is 0 Å². The maximum Gasteiger partial charge on any atom is 0.417 e. The van der Waals surface area contributed by atoms with Crippen LogP contribution in [-0.2, 0) is 10.9 Å². The summed E-state index contributed by atoms with van der Waals surface area (Å²) in [5.41, 5.74) is -0.670. The number of carbonyl (C=O) groups is 1. The van der Waals surface area contributed by atoms with Crippen molar-refractivity contribution < 1.29 is 22.7 Å². The third-order valence-corrected chi connectivity index (χ3v) is 2.70. The molecule has 0 spiro atoms. The summed E-state index contributed by atoms with van der Waals surface area (Å²) < 4.78 is 44.7. The normalized spacial score (nSPS) is 11.4. The van der Waals surface area contributed by atoms with Gasteiger partial charge in [0.05, 0.1) is 29.6 Å². The van der Waals surface area contributed by atoms with Crippen molar-refractivity contribution in [1.82, 2.24) is 9.78 Å². The van der Waals surface area contributed by atoms with Crippen molar-refractivity contribution in [3.63, 3.8) is 0 Å². The van der Waals surface area contributed by atoms with Gasteiger partial charge in [-0.3, -0.25) is 0 Å². The number of esters is 1. The minimum Gasteiger partial charge on any atom is -0.465 e. The number of hydrogen-bond acceptors (Lipinski definition) is 3. The molecule has 4 nitrogen and oxygen atoms in total. The number of carbonyl (C=O) groups excluding carboxylic acids is 1. The third-order valence-electron chi connectivity index (χ3n) is 2.70. The Balaban J connectivity index is 2.57. The van der Waals surface area contributed by atoms with Gasteiger partial charge in [-0.2, -0.15) is 18.3 Å². The van der Waals surface area contributed by atoms with Gasteiger partial charge in [0.15, 0.2) is 0 Å². The van der Waals surface area contributed by atoms with Gasteiger partial charge in [0.25, 0.3) is 0 Å². The summed E-state index contributed by atoms with van der Waals surface area (Å²) in [6.07, 6.45) is -3.11. The smallest absolute Gasteiger partial charge is 0.417 e. The van der Waals surface area contributed by atoms with Gasteiger partial charge in [-0.15, -0.1) is 0 Å². The minimum absolute atomic E-state index is 0.220. The maximum atomic E-state index is 13.0. The van der Waals surface area contributed by atoms with Gasteiger partial charge < -0.3 is 4.74 Å². The largest absolute Gasteiger partial charge is 0.465 e. The number of nitrogens with zero attached hydrogens (tertiary/aromatic N) is 2. The van der Waals surface area contributed by atoms with Gasteiger partial charge in [-0.25, -0.2) is 9.48 Å². The highest BCUT2D eigenvalue weighted by Crippen LogP contribution is 2.33. The zero-order valence-corrected chi connectivity index (χ0v) is 10.7. The number of hydrogen-bond donors (Lipinski definition) is 0. The summed E-state index contributed by atoms with van der Waals surface area (Å²) >= 11 is 0. The first kappa shape index (κ1) is 14.1. The van der Waals surface area contributed by atoms with Crippen molar-refractivity contribution in [3.8, 4) is 5.69 Å². The SMILES string of the molecule is COC(=O)c1ccc(-n2ccc(C)n2)cc1C(F)(F)F. The molecule has 0 N–H and O–H groups in total. The molecular formula is C13H11F3N2O2. The van der Waals surface area contributed by atoms with E-state index in [1.807, 2.05) is 0 Å². The van der Waals surface area contributed by atoms with E-state index in [0.29, 0.717) is 5.69 Å². The zero-order chi connectivity index (χ0) is 14.9. The number of ether oxygens (including phenoxy) is 1. The number of methoxy groups -OCH3 is 1. The number of alkyl halides is 3. The van der Waals surface area contributed by atoms with E-state index in [-0.39, 0.29) is 5.69 Å². The van der Waals surface area contributed by atoms with Crippen molar-refractivity contribution in [3.05, 3.63) is 47.3 Å². The van der Waals surface area contributed by atoms with E-state index < -0.39 is 23.3 Å². The summed E-state index contributed by atoms with van der Waals surface area (Å²) in [5, 5.41) is 4.03. The van der Waals surface area contributed by atoms with Crippen molar-refractivity contribution in [2.45, 2.75) is 13.1 Å². The fourth-order valence-corrected chi connectivity index (χ4v) is 1.76. The third kappa shape index (κ3) is 2.66. The highest BCUT2D eigenvalue weighted by molar-refractivity contribution is 5.91. The van der Waals surface area contributed by atoms with E-state index in [2.05, 4.69) is 9.84 Å². The highest BCUT2D eigenvalue weighted by Gasteiger charge is 2.36. The average molecular weight is 284 g/mol. The molecule has 0 radical (unpaired) electrons. The van der Waals surface area contributed by atoms with E-state index in [1.54, 1.807) is 19.2 Å². The Morgan fingerprint density at radius 2 is 2.00 bits per heavy atom. The van der Waals surface area contributed by atoms with E-state index in [9.17, 15) is 18.0 Å². The van der Waals surface area contributed by atoms with Crippen LogP contribution in [0.3, 0.4) is 0 Å². The number of halogens is 3. The Morgan fingerprint density at radius 1 is 1.30 bits per heavy atom. The topological polar surface area (TPSA) is 44.1 Å². The van der Waals surface area contributed by atoms with E-state index >= 15 is 0 Å². The van der Waals surface area contributed by atoms with E-state index in [4.69, 9.17) is 0 Å². The molecule has 106 valence electrons.